The summed E-state index contributed by atoms with van der Waals surface area (Å²) in [5.41, 5.74) is 0. The Morgan fingerprint density at radius 1 is 1.38 bits per heavy atom. The van der Waals surface area contributed by atoms with E-state index in [2.05, 4.69) is 15.9 Å². The molecule has 2 aromatic rings. The minimum absolute atomic E-state index is 0.141. The Morgan fingerprint density at radius 3 is 2.62 bits per heavy atom. The van der Waals surface area contributed by atoms with E-state index in [9.17, 15) is 13.2 Å². The van der Waals surface area contributed by atoms with E-state index in [1.54, 1.807) is 6.92 Å². The van der Waals surface area contributed by atoms with E-state index >= 15 is 0 Å². The van der Waals surface area contributed by atoms with Crippen molar-refractivity contribution < 1.29 is 18.3 Å². The highest BCUT2D eigenvalue weighted by atomic mass is 79.9. The zero-order valence-corrected chi connectivity index (χ0v) is 15.0. The fourth-order valence-corrected chi connectivity index (χ4v) is 6.01. The number of carboxylic acids is 1. The van der Waals surface area contributed by atoms with Gasteiger partial charge in [-0.2, -0.15) is 4.31 Å². The normalized spacial score (nSPS) is 12.0. The Labute approximate surface area is 139 Å². The van der Waals surface area contributed by atoms with Crippen molar-refractivity contribution in [3.63, 3.8) is 0 Å². The van der Waals surface area contributed by atoms with Crippen LogP contribution in [-0.2, 0) is 16.6 Å². The van der Waals surface area contributed by atoms with Crippen molar-refractivity contribution in [1.29, 1.82) is 0 Å². The van der Waals surface area contributed by atoms with Crippen molar-refractivity contribution in [2.45, 2.75) is 18.4 Å². The smallest absolute Gasteiger partial charge is 0.347 e. The van der Waals surface area contributed by atoms with Crippen LogP contribution in [-0.4, -0.2) is 30.3 Å². The van der Waals surface area contributed by atoms with E-state index in [0.717, 1.165) is 20.0 Å². The lowest BCUT2D eigenvalue weighted by atomic mass is 10.4. The van der Waals surface area contributed by atoms with Gasteiger partial charge in [-0.15, -0.1) is 22.7 Å². The Morgan fingerprint density at radius 2 is 2.10 bits per heavy atom. The van der Waals surface area contributed by atoms with Gasteiger partial charge in [-0.25, -0.2) is 13.2 Å². The average molecular weight is 410 g/mol. The first-order valence-electron chi connectivity index (χ1n) is 5.91. The van der Waals surface area contributed by atoms with Gasteiger partial charge in [-0.1, -0.05) is 6.92 Å². The molecule has 0 bridgehead atoms. The molecule has 0 saturated carbocycles. The number of rotatable bonds is 6. The lowest BCUT2D eigenvalue weighted by Gasteiger charge is -2.19. The van der Waals surface area contributed by atoms with Gasteiger partial charge in [-0.05, 0) is 39.5 Å². The molecule has 0 radical (unpaired) electrons. The molecule has 0 spiro atoms. The molecule has 0 aliphatic rings. The summed E-state index contributed by atoms with van der Waals surface area (Å²) in [4.78, 5) is 11.7. The maximum atomic E-state index is 12.6. The van der Waals surface area contributed by atoms with E-state index in [0.29, 0.717) is 0 Å². The third-order valence-corrected chi connectivity index (χ3v) is 7.36. The second kappa shape index (κ2) is 6.57. The maximum Gasteiger partial charge on any atom is 0.347 e. The quantitative estimate of drug-likeness (QED) is 0.791. The number of hydrogen-bond acceptors (Lipinski definition) is 5. The van der Waals surface area contributed by atoms with Crippen LogP contribution in [0.3, 0.4) is 0 Å². The Balaban J connectivity index is 2.35. The third-order valence-electron chi connectivity index (χ3n) is 2.75. The summed E-state index contributed by atoms with van der Waals surface area (Å²) in [6.45, 7) is 2.23. The number of thiophene rings is 2. The Hall–Kier alpha value is -0.740. The fraction of sp³-hybridized carbons (Fsp3) is 0.250. The summed E-state index contributed by atoms with van der Waals surface area (Å²) in [7, 11) is -3.82. The molecular weight excluding hydrogens is 398 g/mol. The molecule has 0 fully saturated rings. The average Bonchev–Trinajstić information content (AvgIpc) is 3.04. The van der Waals surface area contributed by atoms with Gasteiger partial charge in [0.25, 0.3) is 0 Å². The summed E-state index contributed by atoms with van der Waals surface area (Å²) < 4.78 is 27.4. The molecule has 114 valence electrons. The third kappa shape index (κ3) is 3.54. The largest absolute Gasteiger partial charge is 0.477 e. The summed E-state index contributed by atoms with van der Waals surface area (Å²) in [6, 6.07) is 5.04. The molecule has 0 aromatic carbocycles. The molecule has 0 aliphatic carbocycles. The summed E-state index contributed by atoms with van der Waals surface area (Å²) in [5, 5.41) is 10.6. The first-order chi connectivity index (χ1) is 9.86. The van der Waals surface area contributed by atoms with Crippen molar-refractivity contribution in [3.8, 4) is 0 Å². The molecule has 2 heterocycles. The summed E-state index contributed by atoms with van der Waals surface area (Å²) in [6.07, 6.45) is 0. The van der Waals surface area contributed by atoms with Gasteiger partial charge in [0.2, 0.25) is 10.0 Å². The number of carboxylic acid groups (broad SMARTS) is 1. The lowest BCUT2D eigenvalue weighted by molar-refractivity contribution is 0.0698. The SMILES string of the molecule is CCN(Cc1ccc(Br)s1)S(=O)(=O)c1ccsc1C(=O)O. The second-order valence-corrected chi connectivity index (χ2v) is 9.43. The molecule has 0 atom stereocenters. The van der Waals surface area contributed by atoms with Crippen LogP contribution in [0.5, 0.6) is 0 Å². The molecule has 2 aromatic heterocycles. The Bertz CT molecular complexity index is 750. The zero-order chi connectivity index (χ0) is 15.6. The van der Waals surface area contributed by atoms with Crippen LogP contribution in [0.4, 0.5) is 0 Å². The molecule has 0 amide bonds. The fourth-order valence-electron chi connectivity index (χ4n) is 1.77. The van der Waals surface area contributed by atoms with Crippen molar-refractivity contribution in [1.82, 2.24) is 4.31 Å². The van der Waals surface area contributed by atoms with Crippen molar-refractivity contribution in [2.24, 2.45) is 0 Å². The van der Waals surface area contributed by atoms with Gasteiger partial charge in [0.05, 0.1) is 3.79 Å². The van der Waals surface area contributed by atoms with Crippen LogP contribution in [0.15, 0.2) is 32.3 Å². The summed E-state index contributed by atoms with van der Waals surface area (Å²) >= 11 is 5.70. The molecule has 2 rings (SSSR count). The lowest BCUT2D eigenvalue weighted by Crippen LogP contribution is -2.30. The van der Waals surface area contributed by atoms with E-state index < -0.39 is 16.0 Å². The van der Waals surface area contributed by atoms with Gasteiger partial charge < -0.3 is 5.11 Å². The maximum absolute atomic E-state index is 12.6. The first kappa shape index (κ1) is 16.6. The molecule has 0 saturated heterocycles. The minimum atomic E-state index is -3.82. The van der Waals surface area contributed by atoms with Crippen LogP contribution < -0.4 is 0 Å². The number of hydrogen-bond donors (Lipinski definition) is 1. The second-order valence-electron chi connectivity index (χ2n) is 4.06. The van der Waals surface area contributed by atoms with E-state index in [-0.39, 0.29) is 22.9 Å². The standard InChI is InChI=1S/C12H12BrNO4S3/c1-2-14(7-8-3-4-10(13)20-8)21(17,18)9-5-6-19-11(9)12(15)16/h3-6H,2,7H2,1H3,(H,15,16). The minimum Gasteiger partial charge on any atom is -0.477 e. The topological polar surface area (TPSA) is 74.7 Å². The molecule has 0 unspecified atom stereocenters. The molecule has 1 N–H and O–H groups in total. The number of halogens is 1. The van der Waals surface area contributed by atoms with Crippen LogP contribution in [0.25, 0.3) is 0 Å². The zero-order valence-electron chi connectivity index (χ0n) is 10.9. The van der Waals surface area contributed by atoms with Crippen LogP contribution >= 0.6 is 38.6 Å². The van der Waals surface area contributed by atoms with Gasteiger partial charge >= 0.3 is 5.97 Å². The van der Waals surface area contributed by atoms with Crippen molar-refractivity contribution in [2.75, 3.05) is 6.54 Å². The van der Waals surface area contributed by atoms with E-state index in [1.165, 1.54) is 27.1 Å². The number of aromatic carboxylic acids is 1. The van der Waals surface area contributed by atoms with Crippen LogP contribution in [0, 0.1) is 0 Å². The molecule has 21 heavy (non-hydrogen) atoms. The highest BCUT2D eigenvalue weighted by Gasteiger charge is 2.29. The molecule has 0 aliphatic heterocycles. The number of nitrogens with zero attached hydrogens (tertiary/aromatic N) is 1. The highest BCUT2D eigenvalue weighted by Crippen LogP contribution is 2.28. The Kier molecular flexibility index (Phi) is 5.20. The first-order valence-corrected chi connectivity index (χ1v) is 9.84. The molecule has 5 nitrogen and oxygen atoms in total. The van der Waals surface area contributed by atoms with Crippen molar-refractivity contribution in [3.05, 3.63) is 37.1 Å². The predicted octanol–water partition coefficient (Wildman–Crippen LogP) is 3.48. The van der Waals surface area contributed by atoms with E-state index in [1.807, 2.05) is 12.1 Å². The van der Waals surface area contributed by atoms with Gasteiger partial charge in [0, 0.05) is 18.0 Å². The number of sulfonamides is 1. The van der Waals surface area contributed by atoms with E-state index in [4.69, 9.17) is 5.11 Å². The van der Waals surface area contributed by atoms with Gasteiger partial charge in [-0.3, -0.25) is 0 Å². The highest BCUT2D eigenvalue weighted by molar-refractivity contribution is 9.11. The van der Waals surface area contributed by atoms with Gasteiger partial charge in [0.1, 0.15) is 9.77 Å². The van der Waals surface area contributed by atoms with Crippen LogP contribution in [0.1, 0.15) is 21.5 Å². The van der Waals surface area contributed by atoms with Crippen molar-refractivity contribution >= 4 is 54.6 Å². The van der Waals surface area contributed by atoms with Gasteiger partial charge in [0.15, 0.2) is 0 Å². The predicted molar refractivity (Wildman–Crippen MR) is 86.6 cm³/mol. The van der Waals surface area contributed by atoms with Crippen LogP contribution in [0.2, 0.25) is 0 Å². The number of carbonyl (C=O) groups is 1. The molecular formula is C12H12BrNO4S3. The monoisotopic (exact) mass is 409 g/mol. The summed E-state index contributed by atoms with van der Waals surface area (Å²) in [5.74, 6) is -1.22. The molecule has 9 heteroatoms.